The first kappa shape index (κ1) is 10.2. The van der Waals surface area contributed by atoms with Crippen LogP contribution >= 0.6 is 0 Å². The van der Waals surface area contributed by atoms with Gasteiger partial charge < -0.3 is 4.40 Å². The third-order valence-corrected chi connectivity index (χ3v) is 2.80. The van der Waals surface area contributed by atoms with Crippen molar-refractivity contribution in [2.75, 3.05) is 0 Å². The second kappa shape index (κ2) is 3.37. The van der Waals surface area contributed by atoms with Crippen LogP contribution in [0.3, 0.4) is 0 Å². The first-order valence-corrected chi connectivity index (χ1v) is 5.48. The van der Waals surface area contributed by atoms with Gasteiger partial charge in [0.05, 0.1) is 0 Å². The summed E-state index contributed by atoms with van der Waals surface area (Å²) < 4.78 is 2.10. The van der Waals surface area contributed by atoms with E-state index in [9.17, 15) is 0 Å². The maximum Gasteiger partial charge on any atom is 0.136 e. The maximum atomic E-state index is 4.31. The molecule has 2 nitrogen and oxygen atoms in total. The van der Waals surface area contributed by atoms with Crippen molar-refractivity contribution in [2.24, 2.45) is 0 Å². The van der Waals surface area contributed by atoms with Gasteiger partial charge in [-0.1, -0.05) is 27.7 Å². The molecule has 0 radical (unpaired) electrons. The van der Waals surface area contributed by atoms with Gasteiger partial charge in [0.2, 0.25) is 0 Å². The predicted molar refractivity (Wildman–Crippen MR) is 63.3 cm³/mol. The second-order valence-electron chi connectivity index (χ2n) is 5.01. The largest absolute Gasteiger partial charge is 0.307 e. The molecule has 0 N–H and O–H groups in total. The molecule has 0 saturated carbocycles. The molecule has 0 atom stereocenters. The van der Waals surface area contributed by atoms with E-state index in [4.69, 9.17) is 0 Å². The number of imidazole rings is 1. The van der Waals surface area contributed by atoms with Gasteiger partial charge in [0.1, 0.15) is 5.65 Å². The van der Waals surface area contributed by atoms with Crippen LogP contribution in [0.4, 0.5) is 0 Å². The van der Waals surface area contributed by atoms with Crippen LogP contribution in [0.5, 0.6) is 0 Å². The number of pyridine rings is 1. The van der Waals surface area contributed by atoms with E-state index < -0.39 is 0 Å². The highest BCUT2D eigenvalue weighted by atomic mass is 15.0. The average molecular weight is 202 g/mol. The van der Waals surface area contributed by atoms with Crippen molar-refractivity contribution in [1.29, 1.82) is 0 Å². The van der Waals surface area contributed by atoms with Crippen molar-refractivity contribution < 1.29 is 0 Å². The SMILES string of the molecule is CCc1cc2nccn2cc1C(C)(C)C. The van der Waals surface area contributed by atoms with Crippen molar-refractivity contribution >= 4 is 5.65 Å². The number of rotatable bonds is 1. The molecule has 2 aromatic heterocycles. The van der Waals surface area contributed by atoms with E-state index in [1.807, 2.05) is 12.4 Å². The lowest BCUT2D eigenvalue weighted by atomic mass is 9.84. The van der Waals surface area contributed by atoms with Gasteiger partial charge in [-0.25, -0.2) is 4.98 Å². The summed E-state index contributed by atoms with van der Waals surface area (Å²) in [6, 6.07) is 2.20. The highest BCUT2D eigenvalue weighted by Crippen LogP contribution is 2.26. The minimum absolute atomic E-state index is 0.198. The smallest absolute Gasteiger partial charge is 0.136 e. The zero-order valence-corrected chi connectivity index (χ0v) is 9.91. The third-order valence-electron chi connectivity index (χ3n) is 2.80. The second-order valence-corrected chi connectivity index (χ2v) is 5.01. The van der Waals surface area contributed by atoms with E-state index in [1.165, 1.54) is 11.1 Å². The van der Waals surface area contributed by atoms with Crippen molar-refractivity contribution in [3.63, 3.8) is 0 Å². The molecule has 0 aliphatic carbocycles. The van der Waals surface area contributed by atoms with Gasteiger partial charge in [-0.05, 0) is 29.0 Å². The summed E-state index contributed by atoms with van der Waals surface area (Å²) in [4.78, 5) is 4.31. The number of hydrogen-bond donors (Lipinski definition) is 0. The number of nitrogens with zero attached hydrogens (tertiary/aromatic N) is 2. The van der Waals surface area contributed by atoms with Crippen molar-refractivity contribution in [2.45, 2.75) is 39.5 Å². The number of hydrogen-bond acceptors (Lipinski definition) is 1. The molecule has 15 heavy (non-hydrogen) atoms. The summed E-state index contributed by atoms with van der Waals surface area (Å²) in [5, 5.41) is 0. The van der Waals surface area contributed by atoms with E-state index in [-0.39, 0.29) is 5.41 Å². The van der Waals surface area contributed by atoms with Crippen LogP contribution in [-0.4, -0.2) is 9.38 Å². The molecule has 0 aromatic carbocycles. The molecule has 2 rings (SSSR count). The molecule has 2 aromatic rings. The summed E-state index contributed by atoms with van der Waals surface area (Å²) in [5.41, 5.74) is 4.06. The Morgan fingerprint density at radius 3 is 2.67 bits per heavy atom. The van der Waals surface area contributed by atoms with Gasteiger partial charge >= 0.3 is 0 Å². The van der Waals surface area contributed by atoms with Crippen LogP contribution < -0.4 is 0 Å². The van der Waals surface area contributed by atoms with Gasteiger partial charge in [-0.2, -0.15) is 0 Å². The van der Waals surface area contributed by atoms with Gasteiger partial charge in [0.15, 0.2) is 0 Å². The van der Waals surface area contributed by atoms with Crippen molar-refractivity contribution in [3.8, 4) is 0 Å². The molecule has 2 heteroatoms. The van der Waals surface area contributed by atoms with Crippen molar-refractivity contribution in [1.82, 2.24) is 9.38 Å². The molecular formula is C13H18N2. The standard InChI is InChI=1S/C13H18N2/c1-5-10-8-12-14-6-7-15(12)9-11(10)13(2,3)4/h6-9H,5H2,1-4H3. The maximum absolute atomic E-state index is 4.31. The van der Waals surface area contributed by atoms with E-state index in [1.54, 1.807) is 0 Å². The van der Waals surface area contributed by atoms with Gasteiger partial charge in [-0.3, -0.25) is 0 Å². The summed E-state index contributed by atoms with van der Waals surface area (Å²) in [5.74, 6) is 0. The average Bonchev–Trinajstić information content (AvgIpc) is 2.60. The van der Waals surface area contributed by atoms with E-state index in [0.29, 0.717) is 0 Å². The summed E-state index contributed by atoms with van der Waals surface area (Å²) in [6.45, 7) is 8.96. The van der Waals surface area contributed by atoms with Gasteiger partial charge in [0.25, 0.3) is 0 Å². The molecule has 0 unspecified atom stereocenters. The van der Waals surface area contributed by atoms with Crippen LogP contribution in [0.2, 0.25) is 0 Å². The zero-order chi connectivity index (χ0) is 11.1. The lowest BCUT2D eigenvalue weighted by Gasteiger charge is -2.22. The molecule has 0 amide bonds. The molecule has 0 spiro atoms. The van der Waals surface area contributed by atoms with Crippen LogP contribution in [0.15, 0.2) is 24.7 Å². The molecule has 0 fully saturated rings. The van der Waals surface area contributed by atoms with E-state index >= 15 is 0 Å². The van der Waals surface area contributed by atoms with Crippen LogP contribution in [-0.2, 0) is 11.8 Å². The molecule has 0 bridgehead atoms. The van der Waals surface area contributed by atoms with E-state index in [0.717, 1.165) is 12.1 Å². The fourth-order valence-corrected chi connectivity index (χ4v) is 1.97. The minimum Gasteiger partial charge on any atom is -0.307 e. The lowest BCUT2D eigenvalue weighted by Crippen LogP contribution is -2.15. The number of fused-ring (bicyclic) bond motifs is 1. The Morgan fingerprint density at radius 2 is 2.07 bits per heavy atom. The minimum atomic E-state index is 0.198. The highest BCUT2D eigenvalue weighted by molar-refractivity contribution is 5.46. The monoisotopic (exact) mass is 202 g/mol. The number of aromatic nitrogens is 2. The van der Waals surface area contributed by atoms with E-state index in [2.05, 4.69) is 49.3 Å². The molecular weight excluding hydrogens is 184 g/mol. The molecule has 0 aliphatic heterocycles. The summed E-state index contributed by atoms with van der Waals surface area (Å²) in [6.07, 6.45) is 7.13. The predicted octanol–water partition coefficient (Wildman–Crippen LogP) is 3.19. The third kappa shape index (κ3) is 1.76. The van der Waals surface area contributed by atoms with Crippen LogP contribution in [0, 0.1) is 0 Å². The Balaban J connectivity index is 2.70. The number of aryl methyl sites for hydroxylation is 1. The van der Waals surface area contributed by atoms with Crippen LogP contribution in [0.1, 0.15) is 38.8 Å². The molecule has 2 heterocycles. The molecule has 0 saturated heterocycles. The lowest BCUT2D eigenvalue weighted by molar-refractivity contribution is 0.579. The Bertz CT molecular complexity index is 475. The quantitative estimate of drug-likeness (QED) is 0.694. The molecule has 80 valence electrons. The fraction of sp³-hybridized carbons (Fsp3) is 0.462. The first-order valence-electron chi connectivity index (χ1n) is 5.48. The Kier molecular flexibility index (Phi) is 2.29. The topological polar surface area (TPSA) is 17.3 Å². The van der Waals surface area contributed by atoms with Crippen molar-refractivity contribution in [3.05, 3.63) is 35.8 Å². The summed E-state index contributed by atoms with van der Waals surface area (Å²) in [7, 11) is 0. The first-order chi connectivity index (χ1) is 7.02. The summed E-state index contributed by atoms with van der Waals surface area (Å²) >= 11 is 0. The fourth-order valence-electron chi connectivity index (χ4n) is 1.97. The van der Waals surface area contributed by atoms with Crippen LogP contribution in [0.25, 0.3) is 5.65 Å². The Labute approximate surface area is 91.0 Å². The Morgan fingerprint density at radius 1 is 1.33 bits per heavy atom. The highest BCUT2D eigenvalue weighted by Gasteiger charge is 2.18. The molecule has 0 aliphatic rings. The zero-order valence-electron chi connectivity index (χ0n) is 9.91. The van der Waals surface area contributed by atoms with Gasteiger partial charge in [-0.15, -0.1) is 0 Å². The normalized spacial score (nSPS) is 12.3. The van der Waals surface area contributed by atoms with Gasteiger partial charge in [0, 0.05) is 18.6 Å². The Hall–Kier alpha value is -1.31.